The zero-order valence-electron chi connectivity index (χ0n) is 12.6. The Hall–Kier alpha value is -2.17. The van der Waals surface area contributed by atoms with E-state index in [0.717, 1.165) is 11.5 Å². The van der Waals surface area contributed by atoms with E-state index in [2.05, 4.69) is 51.8 Å². The first kappa shape index (κ1) is 13.8. The Bertz CT molecular complexity index is 620. The predicted molar refractivity (Wildman–Crippen MR) is 84.9 cm³/mol. The molecule has 1 aliphatic carbocycles. The summed E-state index contributed by atoms with van der Waals surface area (Å²) in [4.78, 5) is 4.51. The predicted octanol–water partition coefficient (Wildman–Crippen LogP) is 3.59. The summed E-state index contributed by atoms with van der Waals surface area (Å²) in [6.45, 7) is 4.20. The first-order chi connectivity index (χ1) is 10.2. The number of nitrogens with zero attached hydrogens (tertiary/aromatic N) is 3. The molecule has 3 rings (SSSR count). The van der Waals surface area contributed by atoms with E-state index in [1.165, 1.54) is 36.8 Å². The van der Waals surface area contributed by atoms with Crippen molar-refractivity contribution >= 4 is 17.5 Å². The molecule has 1 aromatic carbocycles. The monoisotopic (exact) mass is 283 g/mol. The van der Waals surface area contributed by atoms with Crippen molar-refractivity contribution in [3.05, 3.63) is 35.5 Å². The fraction of sp³-hybridized carbons (Fsp3) is 0.438. The van der Waals surface area contributed by atoms with E-state index in [9.17, 15) is 0 Å². The SMILES string of the molecule is Cc1cccc(Nc2cnnc(NC3CCCC3)n2)c1C. The first-order valence-corrected chi connectivity index (χ1v) is 7.52. The minimum absolute atomic E-state index is 0.489. The Morgan fingerprint density at radius 2 is 1.95 bits per heavy atom. The summed E-state index contributed by atoms with van der Waals surface area (Å²) < 4.78 is 0. The van der Waals surface area contributed by atoms with Crippen molar-refractivity contribution < 1.29 is 0 Å². The van der Waals surface area contributed by atoms with Crippen molar-refractivity contribution in [2.75, 3.05) is 10.6 Å². The van der Waals surface area contributed by atoms with Gasteiger partial charge in [-0.05, 0) is 43.9 Å². The number of anilines is 3. The molecular formula is C16H21N5. The van der Waals surface area contributed by atoms with Crippen LogP contribution in [0, 0.1) is 13.8 Å². The fourth-order valence-corrected chi connectivity index (χ4v) is 2.70. The number of aryl methyl sites for hydroxylation is 1. The highest BCUT2D eigenvalue weighted by Gasteiger charge is 2.16. The summed E-state index contributed by atoms with van der Waals surface area (Å²) in [7, 11) is 0. The molecule has 0 spiro atoms. The second kappa shape index (κ2) is 6.08. The maximum atomic E-state index is 4.51. The van der Waals surface area contributed by atoms with Crippen LogP contribution in [0.15, 0.2) is 24.4 Å². The second-order valence-electron chi connectivity index (χ2n) is 5.66. The minimum Gasteiger partial charge on any atom is -0.350 e. The second-order valence-corrected chi connectivity index (χ2v) is 5.66. The van der Waals surface area contributed by atoms with E-state index < -0.39 is 0 Å². The van der Waals surface area contributed by atoms with Gasteiger partial charge in [0, 0.05) is 11.7 Å². The summed E-state index contributed by atoms with van der Waals surface area (Å²) >= 11 is 0. The van der Waals surface area contributed by atoms with Crippen molar-refractivity contribution in [1.82, 2.24) is 15.2 Å². The van der Waals surface area contributed by atoms with Gasteiger partial charge in [-0.25, -0.2) is 0 Å². The number of hydrogen-bond acceptors (Lipinski definition) is 5. The van der Waals surface area contributed by atoms with Gasteiger partial charge in [0.15, 0.2) is 5.82 Å². The lowest BCUT2D eigenvalue weighted by atomic mass is 10.1. The average Bonchev–Trinajstić information content (AvgIpc) is 2.97. The quantitative estimate of drug-likeness (QED) is 0.898. The highest BCUT2D eigenvalue weighted by atomic mass is 15.3. The van der Waals surface area contributed by atoms with E-state index >= 15 is 0 Å². The molecule has 2 aromatic rings. The zero-order chi connectivity index (χ0) is 14.7. The highest BCUT2D eigenvalue weighted by molar-refractivity contribution is 5.61. The summed E-state index contributed by atoms with van der Waals surface area (Å²) in [5.74, 6) is 1.33. The molecule has 1 aromatic heterocycles. The lowest BCUT2D eigenvalue weighted by molar-refractivity contribution is 0.738. The lowest BCUT2D eigenvalue weighted by Gasteiger charge is -2.13. The van der Waals surface area contributed by atoms with Crippen molar-refractivity contribution in [1.29, 1.82) is 0 Å². The van der Waals surface area contributed by atoms with E-state index in [-0.39, 0.29) is 0 Å². The van der Waals surface area contributed by atoms with Gasteiger partial charge in [-0.1, -0.05) is 25.0 Å². The molecule has 5 heteroatoms. The summed E-state index contributed by atoms with van der Waals surface area (Å²) in [6, 6.07) is 6.68. The van der Waals surface area contributed by atoms with Crippen LogP contribution in [0.2, 0.25) is 0 Å². The zero-order valence-corrected chi connectivity index (χ0v) is 12.6. The molecule has 0 radical (unpaired) electrons. The third-order valence-electron chi connectivity index (χ3n) is 4.11. The van der Waals surface area contributed by atoms with Gasteiger partial charge >= 0.3 is 0 Å². The van der Waals surface area contributed by atoms with Crippen LogP contribution in [0.4, 0.5) is 17.5 Å². The molecule has 0 atom stereocenters. The smallest absolute Gasteiger partial charge is 0.244 e. The summed E-state index contributed by atoms with van der Waals surface area (Å²) in [6.07, 6.45) is 6.61. The van der Waals surface area contributed by atoms with Gasteiger partial charge in [0.2, 0.25) is 5.95 Å². The number of rotatable bonds is 4. The van der Waals surface area contributed by atoms with Gasteiger partial charge < -0.3 is 10.6 Å². The Morgan fingerprint density at radius 3 is 2.76 bits per heavy atom. The minimum atomic E-state index is 0.489. The Labute approximate surface area is 125 Å². The van der Waals surface area contributed by atoms with Gasteiger partial charge in [-0.2, -0.15) is 10.1 Å². The molecule has 5 nitrogen and oxygen atoms in total. The van der Waals surface area contributed by atoms with Crippen LogP contribution in [0.5, 0.6) is 0 Å². The maximum absolute atomic E-state index is 4.51. The summed E-state index contributed by atoms with van der Waals surface area (Å²) in [5, 5.41) is 14.8. The molecule has 110 valence electrons. The van der Waals surface area contributed by atoms with Gasteiger partial charge in [-0.3, -0.25) is 0 Å². The van der Waals surface area contributed by atoms with Gasteiger partial charge in [-0.15, -0.1) is 5.10 Å². The molecule has 1 heterocycles. The third kappa shape index (κ3) is 3.29. The number of nitrogens with one attached hydrogen (secondary N) is 2. The molecule has 2 N–H and O–H groups in total. The highest BCUT2D eigenvalue weighted by Crippen LogP contribution is 2.23. The van der Waals surface area contributed by atoms with Gasteiger partial charge in [0.05, 0.1) is 6.20 Å². The largest absolute Gasteiger partial charge is 0.350 e. The first-order valence-electron chi connectivity index (χ1n) is 7.52. The Morgan fingerprint density at radius 1 is 1.14 bits per heavy atom. The molecular weight excluding hydrogens is 262 g/mol. The molecule has 0 amide bonds. The number of benzene rings is 1. The number of aromatic nitrogens is 3. The van der Waals surface area contributed by atoms with E-state index in [0.29, 0.717) is 12.0 Å². The maximum Gasteiger partial charge on any atom is 0.244 e. The van der Waals surface area contributed by atoms with Crippen molar-refractivity contribution in [3.63, 3.8) is 0 Å². The molecule has 1 saturated carbocycles. The normalized spacial score (nSPS) is 15.1. The van der Waals surface area contributed by atoms with Gasteiger partial charge in [0.25, 0.3) is 0 Å². The van der Waals surface area contributed by atoms with Crippen LogP contribution in [0.25, 0.3) is 0 Å². The van der Waals surface area contributed by atoms with E-state index in [4.69, 9.17) is 0 Å². The van der Waals surface area contributed by atoms with E-state index in [1.54, 1.807) is 6.20 Å². The molecule has 0 saturated heterocycles. The van der Waals surface area contributed by atoms with Gasteiger partial charge in [0.1, 0.15) is 0 Å². The van der Waals surface area contributed by atoms with Crippen molar-refractivity contribution in [2.24, 2.45) is 0 Å². The fourth-order valence-electron chi connectivity index (χ4n) is 2.70. The third-order valence-corrected chi connectivity index (χ3v) is 4.11. The van der Waals surface area contributed by atoms with Crippen molar-refractivity contribution in [3.8, 4) is 0 Å². The summed E-state index contributed by atoms with van der Waals surface area (Å²) in [5.41, 5.74) is 3.54. The van der Waals surface area contributed by atoms with Crippen LogP contribution in [-0.2, 0) is 0 Å². The molecule has 1 fully saturated rings. The number of hydrogen-bond donors (Lipinski definition) is 2. The van der Waals surface area contributed by atoms with Crippen molar-refractivity contribution in [2.45, 2.75) is 45.6 Å². The Kier molecular flexibility index (Phi) is 3.99. The van der Waals surface area contributed by atoms with Crippen LogP contribution < -0.4 is 10.6 Å². The van der Waals surface area contributed by atoms with Crippen LogP contribution >= 0.6 is 0 Å². The molecule has 0 aliphatic heterocycles. The molecule has 0 bridgehead atoms. The topological polar surface area (TPSA) is 62.7 Å². The molecule has 0 unspecified atom stereocenters. The van der Waals surface area contributed by atoms with Crippen LogP contribution in [0.1, 0.15) is 36.8 Å². The standard InChI is InChI=1S/C16H21N5/c1-11-6-5-9-14(12(11)2)19-15-10-17-21-16(20-15)18-13-7-3-4-8-13/h5-6,9-10,13H,3-4,7-8H2,1-2H3,(H2,18,19,20,21). The van der Waals surface area contributed by atoms with E-state index in [1.807, 2.05) is 6.07 Å². The Balaban J connectivity index is 1.74. The van der Waals surface area contributed by atoms with Crippen LogP contribution in [0.3, 0.4) is 0 Å². The van der Waals surface area contributed by atoms with Crippen LogP contribution in [-0.4, -0.2) is 21.2 Å². The molecule has 21 heavy (non-hydrogen) atoms. The lowest BCUT2D eigenvalue weighted by Crippen LogP contribution is -2.17. The molecule has 1 aliphatic rings. The average molecular weight is 283 g/mol.